The van der Waals surface area contributed by atoms with Gasteiger partial charge in [-0.05, 0) is 36.2 Å². The van der Waals surface area contributed by atoms with Crippen molar-refractivity contribution in [2.24, 2.45) is 0 Å². The van der Waals surface area contributed by atoms with Gasteiger partial charge in [-0.1, -0.05) is 40.2 Å². The third-order valence-corrected chi connectivity index (χ3v) is 3.88. The Hall–Kier alpha value is -1.65. The maximum atomic E-state index is 12.2. The Morgan fingerprint density at radius 3 is 2.67 bits per heavy atom. The number of aryl methyl sites for hydroxylation is 1. The standard InChI is InChI=1S/C17H17BrO3/c1-12-7-8-14(17(9-12)20-2)16(19)11-21-10-13-5-3-4-6-15(13)18/h3-9H,10-11H2,1-2H3. The fourth-order valence-corrected chi connectivity index (χ4v) is 2.37. The normalized spacial score (nSPS) is 10.4. The summed E-state index contributed by atoms with van der Waals surface area (Å²) in [6.45, 7) is 2.38. The van der Waals surface area contributed by atoms with Crippen molar-refractivity contribution in [3.05, 3.63) is 63.6 Å². The molecule has 0 spiro atoms. The third kappa shape index (κ3) is 4.16. The van der Waals surface area contributed by atoms with Crippen LogP contribution in [0.3, 0.4) is 0 Å². The van der Waals surface area contributed by atoms with Crippen LogP contribution in [-0.4, -0.2) is 19.5 Å². The SMILES string of the molecule is COc1cc(C)ccc1C(=O)COCc1ccccc1Br. The first-order chi connectivity index (χ1) is 10.1. The quantitative estimate of drug-likeness (QED) is 0.735. The van der Waals surface area contributed by atoms with Crippen LogP contribution in [0.15, 0.2) is 46.9 Å². The van der Waals surface area contributed by atoms with E-state index in [0.29, 0.717) is 17.9 Å². The van der Waals surface area contributed by atoms with Gasteiger partial charge in [0.05, 0.1) is 19.3 Å². The zero-order chi connectivity index (χ0) is 15.2. The van der Waals surface area contributed by atoms with Gasteiger partial charge >= 0.3 is 0 Å². The van der Waals surface area contributed by atoms with Gasteiger partial charge in [0.1, 0.15) is 12.4 Å². The van der Waals surface area contributed by atoms with Crippen LogP contribution in [0, 0.1) is 6.92 Å². The fraction of sp³-hybridized carbons (Fsp3) is 0.235. The van der Waals surface area contributed by atoms with E-state index < -0.39 is 0 Å². The number of Topliss-reactive ketones (excluding diaryl/α,β-unsaturated/α-hetero) is 1. The molecule has 0 N–H and O–H groups in total. The molecule has 0 amide bonds. The number of halogens is 1. The molecule has 0 unspecified atom stereocenters. The van der Waals surface area contributed by atoms with Gasteiger partial charge in [0.2, 0.25) is 0 Å². The summed E-state index contributed by atoms with van der Waals surface area (Å²) < 4.78 is 11.7. The summed E-state index contributed by atoms with van der Waals surface area (Å²) in [6, 6.07) is 13.3. The lowest BCUT2D eigenvalue weighted by Gasteiger charge is -2.09. The smallest absolute Gasteiger partial charge is 0.192 e. The van der Waals surface area contributed by atoms with E-state index in [1.165, 1.54) is 0 Å². The average Bonchev–Trinajstić information content (AvgIpc) is 2.48. The Balaban J connectivity index is 1.98. The summed E-state index contributed by atoms with van der Waals surface area (Å²) in [5, 5.41) is 0. The molecule has 2 rings (SSSR count). The number of ketones is 1. The molecular formula is C17H17BrO3. The van der Waals surface area contributed by atoms with Crippen LogP contribution in [0.1, 0.15) is 21.5 Å². The zero-order valence-electron chi connectivity index (χ0n) is 12.1. The minimum atomic E-state index is -0.0843. The number of hydrogen-bond acceptors (Lipinski definition) is 3. The van der Waals surface area contributed by atoms with Crippen molar-refractivity contribution >= 4 is 21.7 Å². The van der Waals surface area contributed by atoms with Crippen molar-refractivity contribution in [3.8, 4) is 5.75 Å². The summed E-state index contributed by atoms with van der Waals surface area (Å²) in [5.74, 6) is 0.503. The molecule has 0 atom stereocenters. The second kappa shape index (κ2) is 7.38. The highest BCUT2D eigenvalue weighted by atomic mass is 79.9. The number of benzene rings is 2. The highest BCUT2D eigenvalue weighted by Crippen LogP contribution is 2.21. The molecule has 0 aromatic heterocycles. The van der Waals surface area contributed by atoms with Crippen LogP contribution in [0.2, 0.25) is 0 Å². The van der Waals surface area contributed by atoms with Crippen molar-refractivity contribution in [2.75, 3.05) is 13.7 Å². The summed E-state index contributed by atoms with van der Waals surface area (Å²) in [5.41, 5.74) is 2.62. The molecule has 3 nitrogen and oxygen atoms in total. The molecule has 110 valence electrons. The zero-order valence-corrected chi connectivity index (χ0v) is 13.6. The van der Waals surface area contributed by atoms with Gasteiger partial charge < -0.3 is 9.47 Å². The van der Waals surface area contributed by atoms with Gasteiger partial charge in [-0.2, -0.15) is 0 Å². The first kappa shape index (κ1) is 15.7. The lowest BCUT2D eigenvalue weighted by atomic mass is 10.1. The van der Waals surface area contributed by atoms with Crippen LogP contribution in [0.25, 0.3) is 0 Å². The number of carbonyl (C=O) groups is 1. The summed E-state index contributed by atoms with van der Waals surface area (Å²) in [4.78, 5) is 12.2. The van der Waals surface area contributed by atoms with E-state index >= 15 is 0 Å². The van der Waals surface area contributed by atoms with Crippen molar-refractivity contribution < 1.29 is 14.3 Å². The highest BCUT2D eigenvalue weighted by Gasteiger charge is 2.12. The van der Waals surface area contributed by atoms with E-state index in [4.69, 9.17) is 9.47 Å². The van der Waals surface area contributed by atoms with Crippen molar-refractivity contribution in [3.63, 3.8) is 0 Å². The number of rotatable bonds is 6. The molecule has 2 aromatic carbocycles. The predicted molar refractivity (Wildman–Crippen MR) is 85.9 cm³/mol. The topological polar surface area (TPSA) is 35.5 Å². The van der Waals surface area contributed by atoms with E-state index in [-0.39, 0.29) is 12.4 Å². The van der Waals surface area contributed by atoms with Gasteiger partial charge in [0.15, 0.2) is 5.78 Å². The van der Waals surface area contributed by atoms with Gasteiger partial charge in [0, 0.05) is 4.47 Å². The molecule has 21 heavy (non-hydrogen) atoms. The fourth-order valence-electron chi connectivity index (χ4n) is 1.98. The van der Waals surface area contributed by atoms with Crippen LogP contribution >= 0.6 is 15.9 Å². The number of hydrogen-bond donors (Lipinski definition) is 0. The van der Waals surface area contributed by atoms with E-state index in [1.807, 2.05) is 43.3 Å². The molecule has 2 aromatic rings. The maximum Gasteiger partial charge on any atom is 0.192 e. The second-order valence-corrected chi connectivity index (χ2v) is 5.57. The minimum absolute atomic E-state index is 0.0285. The molecule has 0 bridgehead atoms. The molecule has 0 aliphatic carbocycles. The first-order valence-electron chi connectivity index (χ1n) is 6.61. The Morgan fingerprint density at radius 2 is 1.95 bits per heavy atom. The van der Waals surface area contributed by atoms with Crippen molar-refractivity contribution in [2.45, 2.75) is 13.5 Å². The number of ether oxygens (including phenoxy) is 2. The lowest BCUT2D eigenvalue weighted by Crippen LogP contribution is -2.10. The van der Waals surface area contributed by atoms with Gasteiger partial charge in [-0.3, -0.25) is 4.79 Å². The number of carbonyl (C=O) groups excluding carboxylic acids is 1. The molecule has 0 saturated carbocycles. The Labute approximate surface area is 133 Å². The summed E-state index contributed by atoms with van der Waals surface area (Å²) in [6.07, 6.45) is 0. The van der Waals surface area contributed by atoms with Gasteiger partial charge in [0.25, 0.3) is 0 Å². The average molecular weight is 349 g/mol. The number of methoxy groups -OCH3 is 1. The molecule has 0 heterocycles. The first-order valence-corrected chi connectivity index (χ1v) is 7.40. The van der Waals surface area contributed by atoms with Gasteiger partial charge in [-0.25, -0.2) is 0 Å². The Bertz CT molecular complexity index is 638. The molecule has 0 aliphatic heterocycles. The van der Waals surface area contributed by atoms with E-state index in [1.54, 1.807) is 13.2 Å². The van der Waals surface area contributed by atoms with Crippen molar-refractivity contribution in [1.29, 1.82) is 0 Å². The van der Waals surface area contributed by atoms with Crippen molar-refractivity contribution in [1.82, 2.24) is 0 Å². The van der Waals surface area contributed by atoms with E-state index in [9.17, 15) is 4.79 Å². The maximum absolute atomic E-state index is 12.2. The molecule has 0 aliphatic rings. The second-order valence-electron chi connectivity index (χ2n) is 4.71. The predicted octanol–water partition coefficient (Wildman–Crippen LogP) is 4.17. The van der Waals surface area contributed by atoms with E-state index in [0.717, 1.165) is 15.6 Å². The monoisotopic (exact) mass is 348 g/mol. The Morgan fingerprint density at radius 1 is 1.19 bits per heavy atom. The summed E-state index contributed by atoms with van der Waals surface area (Å²) >= 11 is 3.45. The van der Waals surface area contributed by atoms with Crippen LogP contribution in [0.4, 0.5) is 0 Å². The van der Waals surface area contributed by atoms with Crippen LogP contribution in [0.5, 0.6) is 5.75 Å². The Kier molecular flexibility index (Phi) is 5.53. The minimum Gasteiger partial charge on any atom is -0.496 e. The summed E-state index contributed by atoms with van der Waals surface area (Å²) in [7, 11) is 1.56. The third-order valence-electron chi connectivity index (χ3n) is 3.11. The largest absolute Gasteiger partial charge is 0.496 e. The van der Waals surface area contributed by atoms with Gasteiger partial charge in [-0.15, -0.1) is 0 Å². The van der Waals surface area contributed by atoms with Crippen LogP contribution < -0.4 is 4.74 Å². The van der Waals surface area contributed by atoms with E-state index in [2.05, 4.69) is 15.9 Å². The van der Waals surface area contributed by atoms with Crippen LogP contribution in [-0.2, 0) is 11.3 Å². The highest BCUT2D eigenvalue weighted by molar-refractivity contribution is 9.10. The molecule has 0 radical (unpaired) electrons. The molecular weight excluding hydrogens is 332 g/mol. The lowest BCUT2D eigenvalue weighted by molar-refractivity contribution is 0.0723. The molecule has 0 saturated heterocycles. The molecule has 0 fully saturated rings. The molecule has 4 heteroatoms.